The molecule has 1 heterocycles. The fraction of sp³-hybridized carbons (Fsp3) is 0.0294. The maximum absolute atomic E-state index is 6.21. The summed E-state index contributed by atoms with van der Waals surface area (Å²) in [6.07, 6.45) is 0. The number of anilines is 3. The number of furan rings is 1. The Balaban J connectivity index is 0.917. The maximum atomic E-state index is 6.21. The maximum Gasteiger partial charge on any atom is 0.135 e. The van der Waals surface area contributed by atoms with Crippen molar-refractivity contribution in [2.24, 2.45) is 0 Å². The Kier molecular flexibility index (Phi) is 8.24. The second-order valence-electron chi connectivity index (χ2n) is 19.1. The minimum absolute atomic E-state index is 0.410. The summed E-state index contributed by atoms with van der Waals surface area (Å²) < 4.78 is 6.21. The van der Waals surface area contributed by atoms with Crippen LogP contribution in [0, 0.1) is 0 Å². The quantitative estimate of drug-likeness (QED) is 0.165. The van der Waals surface area contributed by atoms with Crippen LogP contribution in [0.1, 0.15) is 44.5 Å². The fourth-order valence-electron chi connectivity index (χ4n) is 13.0. The number of rotatable bonds is 6. The Morgan fingerprint density at radius 1 is 0.257 bits per heavy atom. The predicted octanol–water partition coefficient (Wildman–Crippen LogP) is 17.4. The first kappa shape index (κ1) is 39.1. The zero-order valence-electron chi connectivity index (χ0n) is 38.2. The lowest BCUT2D eigenvalue weighted by atomic mass is 9.68. The van der Waals surface area contributed by atoms with E-state index in [0.29, 0.717) is 0 Å². The second-order valence-corrected chi connectivity index (χ2v) is 19.1. The van der Waals surface area contributed by atoms with Gasteiger partial charge in [-0.15, -0.1) is 0 Å². The van der Waals surface area contributed by atoms with Crippen molar-refractivity contribution in [1.29, 1.82) is 0 Å². The molecule has 11 aromatic carbocycles. The molecule has 0 bridgehead atoms. The first-order chi connectivity index (χ1) is 34.7. The largest absolute Gasteiger partial charge is 0.456 e. The van der Waals surface area contributed by atoms with Gasteiger partial charge in [0.2, 0.25) is 0 Å². The number of benzene rings is 11. The van der Waals surface area contributed by atoms with E-state index in [1.54, 1.807) is 0 Å². The summed E-state index contributed by atoms with van der Waals surface area (Å²) in [7, 11) is 0. The summed E-state index contributed by atoms with van der Waals surface area (Å²) in [5.41, 5.74) is 24.7. The first-order valence-corrected chi connectivity index (χ1v) is 24.3. The van der Waals surface area contributed by atoms with Crippen LogP contribution < -0.4 is 4.90 Å². The SMILES string of the molecule is c1ccc(C2(c3ccc(N(c4ccc(-c5ccc6oc7ccccc7c6c5)cc4)c4ccc5c(c4)-c4ccccc4C54c5ccccc5-c5ccccc54)cc3)c3ccccc3-c3ccccc32)cc1. The average molecular weight is 890 g/mol. The highest BCUT2D eigenvalue weighted by atomic mass is 16.3. The molecule has 3 aliphatic rings. The lowest BCUT2D eigenvalue weighted by Gasteiger charge is -2.34. The first-order valence-electron chi connectivity index (χ1n) is 24.3. The fourth-order valence-corrected chi connectivity index (χ4v) is 13.0. The lowest BCUT2D eigenvalue weighted by Crippen LogP contribution is -2.28. The molecule has 326 valence electrons. The molecule has 12 aromatic rings. The topological polar surface area (TPSA) is 16.4 Å². The molecule has 0 radical (unpaired) electrons. The van der Waals surface area contributed by atoms with Crippen LogP contribution in [0.5, 0.6) is 0 Å². The Labute approximate surface area is 407 Å². The van der Waals surface area contributed by atoms with E-state index < -0.39 is 10.8 Å². The second kappa shape index (κ2) is 14.8. The third-order valence-corrected chi connectivity index (χ3v) is 15.8. The van der Waals surface area contributed by atoms with Crippen LogP contribution in [0.15, 0.2) is 265 Å². The van der Waals surface area contributed by atoms with Crippen molar-refractivity contribution in [3.63, 3.8) is 0 Å². The van der Waals surface area contributed by atoms with Crippen molar-refractivity contribution in [3.8, 4) is 44.5 Å². The van der Waals surface area contributed by atoms with Crippen LogP contribution in [0.3, 0.4) is 0 Å². The molecular weight excluding hydrogens is 847 g/mol. The normalized spacial score (nSPS) is 13.9. The van der Waals surface area contributed by atoms with Gasteiger partial charge in [-0.2, -0.15) is 0 Å². The van der Waals surface area contributed by atoms with Gasteiger partial charge in [-0.3, -0.25) is 0 Å². The third-order valence-electron chi connectivity index (χ3n) is 15.8. The van der Waals surface area contributed by atoms with E-state index >= 15 is 0 Å². The molecule has 2 nitrogen and oxygen atoms in total. The van der Waals surface area contributed by atoms with Crippen LogP contribution >= 0.6 is 0 Å². The molecule has 0 fully saturated rings. The minimum Gasteiger partial charge on any atom is -0.456 e. The number of hydrogen-bond donors (Lipinski definition) is 0. The molecule has 0 N–H and O–H groups in total. The van der Waals surface area contributed by atoms with E-state index in [1.807, 2.05) is 12.1 Å². The molecular formula is C68H43NO. The third kappa shape index (κ3) is 5.22. The van der Waals surface area contributed by atoms with Crippen molar-refractivity contribution in [2.75, 3.05) is 4.90 Å². The van der Waals surface area contributed by atoms with Crippen molar-refractivity contribution in [3.05, 3.63) is 305 Å². The number of hydrogen-bond acceptors (Lipinski definition) is 2. The Hall–Kier alpha value is -8.98. The summed E-state index contributed by atoms with van der Waals surface area (Å²) in [5.74, 6) is 0. The van der Waals surface area contributed by atoms with E-state index in [-0.39, 0.29) is 0 Å². The molecule has 0 amide bonds. The standard InChI is InChI=1S/C68H43NO/c1-2-16-46(17-3-1)67(59-24-10-4-18-51(59)52-19-5-11-25-60(52)67)47-33-37-49(38-34-47)69(48-35-30-44(31-36-48)45-32-41-66-58(42-45)56-23-9-15-29-65(56)70-66)50-39-40-64-57(43-50)55-22-8-14-28-63(55)68(64)61-26-12-6-20-53(61)54-21-7-13-27-62(54)68/h1-43H. The van der Waals surface area contributed by atoms with Crippen LogP contribution in [-0.4, -0.2) is 0 Å². The van der Waals surface area contributed by atoms with Crippen LogP contribution in [0.25, 0.3) is 66.4 Å². The van der Waals surface area contributed by atoms with Crippen molar-refractivity contribution in [2.45, 2.75) is 10.8 Å². The van der Waals surface area contributed by atoms with E-state index in [2.05, 4.69) is 254 Å². The molecule has 2 heteroatoms. The van der Waals surface area contributed by atoms with Crippen LogP contribution in [-0.2, 0) is 10.8 Å². The van der Waals surface area contributed by atoms with Gasteiger partial charge in [0.15, 0.2) is 0 Å². The summed E-state index contributed by atoms with van der Waals surface area (Å²) in [4.78, 5) is 2.44. The summed E-state index contributed by atoms with van der Waals surface area (Å²) in [6.45, 7) is 0. The molecule has 0 atom stereocenters. The van der Waals surface area contributed by atoms with Gasteiger partial charge in [0.1, 0.15) is 11.2 Å². The Bertz CT molecular complexity index is 3970. The van der Waals surface area contributed by atoms with Crippen LogP contribution in [0.4, 0.5) is 17.1 Å². The van der Waals surface area contributed by atoms with Crippen molar-refractivity contribution >= 4 is 39.0 Å². The van der Waals surface area contributed by atoms with Crippen molar-refractivity contribution < 1.29 is 4.42 Å². The molecule has 0 aliphatic heterocycles. The molecule has 0 unspecified atom stereocenters. The Morgan fingerprint density at radius 2 is 0.671 bits per heavy atom. The number of nitrogens with zero attached hydrogens (tertiary/aromatic N) is 1. The van der Waals surface area contributed by atoms with E-state index in [4.69, 9.17) is 4.42 Å². The number of para-hydroxylation sites is 1. The Morgan fingerprint density at radius 3 is 1.26 bits per heavy atom. The monoisotopic (exact) mass is 889 g/mol. The van der Waals surface area contributed by atoms with Gasteiger partial charge in [0, 0.05) is 27.8 Å². The molecule has 1 aromatic heterocycles. The lowest BCUT2D eigenvalue weighted by molar-refractivity contribution is 0.669. The molecule has 15 rings (SSSR count). The number of fused-ring (bicyclic) bond motifs is 16. The molecule has 70 heavy (non-hydrogen) atoms. The van der Waals surface area contributed by atoms with Crippen LogP contribution in [0.2, 0.25) is 0 Å². The summed E-state index contributed by atoms with van der Waals surface area (Å²) >= 11 is 0. The minimum atomic E-state index is -0.486. The average Bonchev–Trinajstić information content (AvgIpc) is 4.15. The molecule has 1 spiro atoms. The molecule has 3 aliphatic carbocycles. The van der Waals surface area contributed by atoms with Gasteiger partial charge in [-0.25, -0.2) is 0 Å². The zero-order chi connectivity index (χ0) is 46.0. The van der Waals surface area contributed by atoms with E-state index in [1.165, 1.54) is 77.9 Å². The van der Waals surface area contributed by atoms with E-state index in [9.17, 15) is 0 Å². The zero-order valence-corrected chi connectivity index (χ0v) is 38.2. The van der Waals surface area contributed by atoms with Crippen molar-refractivity contribution in [1.82, 2.24) is 0 Å². The molecule has 0 saturated carbocycles. The van der Waals surface area contributed by atoms with Gasteiger partial charge >= 0.3 is 0 Å². The van der Waals surface area contributed by atoms with E-state index in [0.717, 1.165) is 50.1 Å². The van der Waals surface area contributed by atoms with Gasteiger partial charge in [-0.05, 0) is 144 Å². The summed E-state index contributed by atoms with van der Waals surface area (Å²) in [5, 5.41) is 2.26. The summed E-state index contributed by atoms with van der Waals surface area (Å²) in [6, 6.07) is 96.7. The van der Waals surface area contributed by atoms with Gasteiger partial charge in [0.25, 0.3) is 0 Å². The highest BCUT2D eigenvalue weighted by Gasteiger charge is 2.52. The van der Waals surface area contributed by atoms with Gasteiger partial charge in [0.05, 0.1) is 10.8 Å². The highest BCUT2D eigenvalue weighted by molar-refractivity contribution is 6.06. The van der Waals surface area contributed by atoms with Gasteiger partial charge in [-0.1, -0.05) is 206 Å². The predicted molar refractivity (Wildman–Crippen MR) is 287 cm³/mol. The smallest absolute Gasteiger partial charge is 0.135 e. The molecule has 0 saturated heterocycles. The van der Waals surface area contributed by atoms with Gasteiger partial charge < -0.3 is 9.32 Å². The highest BCUT2D eigenvalue weighted by Crippen LogP contribution is 2.63.